The minimum Gasteiger partial charge on any atom is -0.385 e. The molecule has 4 aromatic rings. The zero-order valence-corrected chi connectivity index (χ0v) is 23.6. The van der Waals surface area contributed by atoms with Crippen LogP contribution in [0.4, 0.5) is 0 Å². The third-order valence-corrected chi connectivity index (χ3v) is 8.14. The molecule has 210 valence electrons. The summed E-state index contributed by atoms with van der Waals surface area (Å²) in [6.07, 6.45) is 5.71. The van der Waals surface area contributed by atoms with Gasteiger partial charge in [0.15, 0.2) is 0 Å². The van der Waals surface area contributed by atoms with Crippen LogP contribution in [-0.2, 0) is 22.5 Å². The Morgan fingerprint density at radius 2 is 1.85 bits per heavy atom. The highest BCUT2D eigenvalue weighted by atomic mass is 16.5. The van der Waals surface area contributed by atoms with E-state index in [9.17, 15) is 9.59 Å². The molecule has 40 heavy (non-hydrogen) atoms. The quantitative estimate of drug-likeness (QED) is 0.293. The molecule has 1 saturated heterocycles. The van der Waals surface area contributed by atoms with Crippen LogP contribution in [0.1, 0.15) is 48.4 Å². The number of nitrogens with two attached hydrogens (primary N) is 1. The number of ether oxygens (including phenoxy) is 1. The van der Waals surface area contributed by atoms with Crippen LogP contribution < -0.4 is 11.3 Å². The van der Waals surface area contributed by atoms with Gasteiger partial charge in [0.25, 0.3) is 5.56 Å². The maximum Gasteiger partial charge on any atom is 0.255 e. The lowest BCUT2D eigenvalue weighted by Crippen LogP contribution is -2.42. The second kappa shape index (κ2) is 12.7. The average molecular weight is 541 g/mol. The van der Waals surface area contributed by atoms with Crippen molar-refractivity contribution in [3.05, 3.63) is 100 Å². The van der Waals surface area contributed by atoms with Gasteiger partial charge < -0.3 is 19.9 Å². The first-order valence-electron chi connectivity index (χ1n) is 14.3. The molecule has 0 spiro atoms. The lowest BCUT2D eigenvalue weighted by atomic mass is 9.91. The van der Waals surface area contributed by atoms with Gasteiger partial charge >= 0.3 is 0 Å². The first kappa shape index (κ1) is 27.9. The van der Waals surface area contributed by atoms with Crippen molar-refractivity contribution in [2.45, 2.75) is 57.5 Å². The lowest BCUT2D eigenvalue weighted by Gasteiger charge is -2.34. The van der Waals surface area contributed by atoms with Crippen molar-refractivity contribution in [1.29, 1.82) is 0 Å². The SMILES string of the molecule is COCCCn1c(C2CCCN(C(=O)C[C@H](N)Cc3ccc(-n4ccccc4=O)cc3)C2)c(C)c2ccccc21. The number of hydrogen-bond acceptors (Lipinski definition) is 4. The largest absolute Gasteiger partial charge is 0.385 e. The van der Waals surface area contributed by atoms with E-state index in [2.05, 4.69) is 35.8 Å². The first-order valence-corrected chi connectivity index (χ1v) is 14.3. The lowest BCUT2D eigenvalue weighted by molar-refractivity contribution is -0.132. The van der Waals surface area contributed by atoms with Gasteiger partial charge in [-0.2, -0.15) is 0 Å². The number of benzene rings is 2. The Morgan fingerprint density at radius 1 is 1.07 bits per heavy atom. The molecular formula is C33H40N4O3. The number of nitrogens with zero attached hydrogens (tertiary/aromatic N) is 3. The van der Waals surface area contributed by atoms with E-state index in [1.165, 1.54) is 22.2 Å². The van der Waals surface area contributed by atoms with Gasteiger partial charge in [0.1, 0.15) is 0 Å². The molecule has 2 aromatic carbocycles. The number of aromatic nitrogens is 2. The number of para-hydroxylation sites is 1. The molecule has 1 aliphatic heterocycles. The molecule has 0 saturated carbocycles. The Bertz CT molecular complexity index is 1500. The molecule has 0 aliphatic carbocycles. The minimum atomic E-state index is -0.264. The predicted molar refractivity (Wildman–Crippen MR) is 160 cm³/mol. The monoisotopic (exact) mass is 540 g/mol. The van der Waals surface area contributed by atoms with Crippen LogP contribution in [0.25, 0.3) is 16.6 Å². The van der Waals surface area contributed by atoms with E-state index in [-0.39, 0.29) is 17.5 Å². The summed E-state index contributed by atoms with van der Waals surface area (Å²) in [6.45, 7) is 5.37. The van der Waals surface area contributed by atoms with Gasteiger partial charge in [-0.3, -0.25) is 14.2 Å². The van der Waals surface area contributed by atoms with Gasteiger partial charge in [-0.25, -0.2) is 0 Å². The van der Waals surface area contributed by atoms with Crippen molar-refractivity contribution in [3.63, 3.8) is 0 Å². The van der Waals surface area contributed by atoms with Gasteiger partial charge in [-0.1, -0.05) is 36.4 Å². The summed E-state index contributed by atoms with van der Waals surface area (Å²) in [5, 5.41) is 1.29. The fourth-order valence-corrected chi connectivity index (χ4v) is 6.22. The van der Waals surface area contributed by atoms with Crippen molar-refractivity contribution in [3.8, 4) is 5.69 Å². The molecule has 0 radical (unpaired) electrons. The molecule has 0 bridgehead atoms. The highest BCUT2D eigenvalue weighted by molar-refractivity contribution is 5.85. The number of carbonyl (C=O) groups excluding carboxylic acids is 1. The molecule has 1 fully saturated rings. The fourth-order valence-electron chi connectivity index (χ4n) is 6.22. The van der Waals surface area contributed by atoms with E-state index < -0.39 is 0 Å². The van der Waals surface area contributed by atoms with Crippen LogP contribution in [0.3, 0.4) is 0 Å². The average Bonchev–Trinajstić information content (AvgIpc) is 3.25. The van der Waals surface area contributed by atoms with Gasteiger partial charge in [0, 0.05) is 86.3 Å². The Morgan fingerprint density at radius 3 is 2.62 bits per heavy atom. The fraction of sp³-hybridized carbons (Fsp3) is 0.394. The molecular weight excluding hydrogens is 500 g/mol. The van der Waals surface area contributed by atoms with Gasteiger partial charge in [0.2, 0.25) is 5.91 Å². The normalized spacial score (nSPS) is 16.4. The van der Waals surface area contributed by atoms with E-state index in [1.54, 1.807) is 30.0 Å². The highest BCUT2D eigenvalue weighted by Crippen LogP contribution is 2.36. The highest BCUT2D eigenvalue weighted by Gasteiger charge is 2.29. The van der Waals surface area contributed by atoms with Crippen molar-refractivity contribution < 1.29 is 9.53 Å². The van der Waals surface area contributed by atoms with E-state index in [0.29, 0.717) is 18.8 Å². The van der Waals surface area contributed by atoms with Gasteiger partial charge in [-0.15, -0.1) is 0 Å². The second-order valence-electron chi connectivity index (χ2n) is 10.9. The molecule has 1 unspecified atom stereocenters. The number of hydrogen-bond donors (Lipinski definition) is 1. The smallest absolute Gasteiger partial charge is 0.255 e. The van der Waals surface area contributed by atoms with E-state index in [0.717, 1.165) is 56.8 Å². The summed E-state index contributed by atoms with van der Waals surface area (Å²) in [7, 11) is 1.75. The second-order valence-corrected chi connectivity index (χ2v) is 10.9. The molecule has 1 aliphatic rings. The molecule has 7 nitrogen and oxygen atoms in total. The molecule has 5 rings (SSSR count). The summed E-state index contributed by atoms with van der Waals surface area (Å²) in [4.78, 5) is 27.5. The molecule has 7 heteroatoms. The number of carbonyl (C=O) groups is 1. The van der Waals surface area contributed by atoms with Crippen LogP contribution in [0, 0.1) is 6.92 Å². The third kappa shape index (κ3) is 6.06. The van der Waals surface area contributed by atoms with Crippen LogP contribution in [0.2, 0.25) is 0 Å². The summed E-state index contributed by atoms with van der Waals surface area (Å²) >= 11 is 0. The molecule has 1 amide bonds. The van der Waals surface area contributed by atoms with Crippen molar-refractivity contribution in [1.82, 2.24) is 14.0 Å². The summed E-state index contributed by atoms with van der Waals surface area (Å²) in [6, 6.07) is 21.3. The van der Waals surface area contributed by atoms with E-state index >= 15 is 0 Å². The number of aryl methyl sites for hydroxylation is 2. The van der Waals surface area contributed by atoms with E-state index in [4.69, 9.17) is 10.5 Å². The molecule has 2 N–H and O–H groups in total. The van der Waals surface area contributed by atoms with Crippen LogP contribution in [0.5, 0.6) is 0 Å². The van der Waals surface area contributed by atoms with Gasteiger partial charge in [-0.05, 0) is 68.0 Å². The maximum absolute atomic E-state index is 13.4. The molecule has 2 aromatic heterocycles. The minimum absolute atomic E-state index is 0.0667. The number of methoxy groups -OCH3 is 1. The van der Waals surface area contributed by atoms with Crippen LogP contribution in [-0.4, -0.2) is 52.8 Å². The zero-order chi connectivity index (χ0) is 28.1. The van der Waals surface area contributed by atoms with E-state index in [1.807, 2.05) is 35.2 Å². The predicted octanol–water partition coefficient (Wildman–Crippen LogP) is 4.80. The summed E-state index contributed by atoms with van der Waals surface area (Å²) < 4.78 is 9.40. The van der Waals surface area contributed by atoms with Crippen molar-refractivity contribution >= 4 is 16.8 Å². The summed E-state index contributed by atoms with van der Waals surface area (Å²) in [5.74, 6) is 0.433. The number of rotatable bonds is 10. The zero-order valence-electron chi connectivity index (χ0n) is 23.6. The molecule has 2 atom stereocenters. The van der Waals surface area contributed by atoms with Crippen molar-refractivity contribution in [2.75, 3.05) is 26.8 Å². The Labute approximate surface area is 236 Å². The van der Waals surface area contributed by atoms with Gasteiger partial charge in [0.05, 0.1) is 0 Å². The number of likely N-dealkylation sites (tertiary alicyclic amines) is 1. The van der Waals surface area contributed by atoms with Crippen LogP contribution in [0.15, 0.2) is 77.7 Å². The third-order valence-electron chi connectivity index (χ3n) is 8.14. The number of piperidine rings is 1. The molecule has 3 heterocycles. The first-order chi connectivity index (χ1) is 19.5. The standard InChI is InChI=1S/C33H40N4O3/c1-24-29-10-3-4-11-30(29)37(19-8-20-40-2)33(24)26-9-7-17-35(23-26)32(39)22-27(34)21-25-13-15-28(16-14-25)36-18-6-5-12-31(36)38/h3-6,10-16,18,26-27H,7-9,17,19-23,34H2,1-2H3/t26?,27-/m1/s1. The Hall–Kier alpha value is -3.68. The maximum atomic E-state index is 13.4. The van der Waals surface area contributed by atoms with Crippen molar-refractivity contribution in [2.24, 2.45) is 5.73 Å². The number of fused-ring (bicyclic) bond motifs is 1. The Balaban J connectivity index is 1.24. The van der Waals surface area contributed by atoms with Crippen LogP contribution >= 0.6 is 0 Å². The number of pyridine rings is 1. The Kier molecular flexibility index (Phi) is 8.82. The summed E-state index contributed by atoms with van der Waals surface area (Å²) in [5.41, 5.74) is 12.2. The number of amides is 1. The topological polar surface area (TPSA) is 82.5 Å².